The zero-order valence-electron chi connectivity index (χ0n) is 7.32. The Morgan fingerprint density at radius 1 is 1.47 bits per heavy atom. The SMILES string of the molecule is N#CC(O)c1ccc(Cl)c(OC(F)F)c1. The minimum atomic E-state index is -3.00. The van der Waals surface area contributed by atoms with Crippen LogP contribution in [0.3, 0.4) is 0 Å². The second-order valence-electron chi connectivity index (χ2n) is 2.60. The lowest BCUT2D eigenvalue weighted by molar-refractivity contribution is -0.0498. The van der Waals surface area contributed by atoms with Crippen LogP contribution in [-0.2, 0) is 0 Å². The van der Waals surface area contributed by atoms with Crippen molar-refractivity contribution in [3.8, 4) is 11.8 Å². The monoisotopic (exact) mass is 233 g/mol. The molecule has 1 N–H and O–H groups in total. The molecule has 1 aromatic rings. The van der Waals surface area contributed by atoms with Crippen molar-refractivity contribution in [2.45, 2.75) is 12.7 Å². The lowest BCUT2D eigenvalue weighted by Crippen LogP contribution is -2.03. The van der Waals surface area contributed by atoms with E-state index in [1.165, 1.54) is 12.1 Å². The van der Waals surface area contributed by atoms with Crippen LogP contribution >= 0.6 is 11.6 Å². The van der Waals surface area contributed by atoms with Gasteiger partial charge in [-0.15, -0.1) is 0 Å². The van der Waals surface area contributed by atoms with Gasteiger partial charge in [-0.3, -0.25) is 0 Å². The van der Waals surface area contributed by atoms with E-state index in [1.807, 2.05) is 0 Å². The van der Waals surface area contributed by atoms with Gasteiger partial charge in [0.1, 0.15) is 5.75 Å². The maximum atomic E-state index is 11.9. The first-order valence-electron chi connectivity index (χ1n) is 3.86. The summed E-state index contributed by atoms with van der Waals surface area (Å²) in [6.07, 6.45) is -1.39. The molecule has 0 saturated heterocycles. The fraction of sp³-hybridized carbons (Fsp3) is 0.222. The molecule has 6 heteroatoms. The predicted octanol–water partition coefficient (Wildman–Crippen LogP) is 2.50. The number of nitriles is 1. The summed E-state index contributed by atoms with van der Waals surface area (Å²) >= 11 is 5.57. The Kier molecular flexibility index (Phi) is 3.83. The molecule has 0 aliphatic carbocycles. The van der Waals surface area contributed by atoms with E-state index in [9.17, 15) is 8.78 Å². The number of nitrogens with zero attached hydrogens (tertiary/aromatic N) is 1. The largest absolute Gasteiger partial charge is 0.433 e. The maximum Gasteiger partial charge on any atom is 0.387 e. The molecule has 0 aliphatic rings. The quantitative estimate of drug-likeness (QED) is 0.816. The Labute approximate surface area is 89.5 Å². The molecule has 0 radical (unpaired) electrons. The Morgan fingerprint density at radius 2 is 2.13 bits per heavy atom. The highest BCUT2D eigenvalue weighted by molar-refractivity contribution is 6.32. The summed E-state index contributed by atoms with van der Waals surface area (Å²) in [6.45, 7) is -3.00. The molecule has 15 heavy (non-hydrogen) atoms. The van der Waals surface area contributed by atoms with Crippen molar-refractivity contribution < 1.29 is 18.6 Å². The Hall–Kier alpha value is -1.38. The fourth-order valence-electron chi connectivity index (χ4n) is 0.951. The van der Waals surface area contributed by atoms with Gasteiger partial charge in [0.15, 0.2) is 6.10 Å². The Bertz CT molecular complexity index is 392. The average Bonchev–Trinajstić information content (AvgIpc) is 2.19. The van der Waals surface area contributed by atoms with Gasteiger partial charge in [0, 0.05) is 0 Å². The summed E-state index contributed by atoms with van der Waals surface area (Å²) in [7, 11) is 0. The molecule has 0 spiro atoms. The van der Waals surface area contributed by atoms with Crippen LogP contribution in [0.5, 0.6) is 5.75 Å². The van der Waals surface area contributed by atoms with Crippen molar-refractivity contribution in [2.24, 2.45) is 0 Å². The van der Waals surface area contributed by atoms with E-state index in [0.29, 0.717) is 0 Å². The first-order valence-corrected chi connectivity index (χ1v) is 4.24. The standard InChI is InChI=1S/C9H6ClF2NO2/c10-6-2-1-5(7(14)4-13)3-8(6)15-9(11)12/h1-3,7,9,14H. The van der Waals surface area contributed by atoms with Gasteiger partial charge in [0.2, 0.25) is 0 Å². The summed E-state index contributed by atoms with van der Waals surface area (Å²) in [4.78, 5) is 0. The second-order valence-corrected chi connectivity index (χ2v) is 3.01. The highest BCUT2D eigenvalue weighted by Crippen LogP contribution is 2.29. The molecule has 0 saturated carbocycles. The number of benzene rings is 1. The van der Waals surface area contributed by atoms with E-state index in [0.717, 1.165) is 6.07 Å². The highest BCUT2D eigenvalue weighted by atomic mass is 35.5. The van der Waals surface area contributed by atoms with E-state index >= 15 is 0 Å². The zero-order chi connectivity index (χ0) is 11.4. The van der Waals surface area contributed by atoms with Crippen molar-refractivity contribution in [2.75, 3.05) is 0 Å². The highest BCUT2D eigenvalue weighted by Gasteiger charge is 2.12. The van der Waals surface area contributed by atoms with Gasteiger partial charge in [0.05, 0.1) is 11.1 Å². The van der Waals surface area contributed by atoms with Crippen molar-refractivity contribution in [3.05, 3.63) is 28.8 Å². The number of alkyl halides is 2. The molecule has 1 aromatic carbocycles. The van der Waals surface area contributed by atoms with Gasteiger partial charge in [-0.2, -0.15) is 14.0 Å². The van der Waals surface area contributed by atoms with Gasteiger partial charge in [0.25, 0.3) is 0 Å². The van der Waals surface area contributed by atoms with Gasteiger partial charge >= 0.3 is 6.61 Å². The third kappa shape index (κ3) is 3.05. The summed E-state index contributed by atoms with van der Waals surface area (Å²) in [6, 6.07) is 5.28. The summed E-state index contributed by atoms with van der Waals surface area (Å²) < 4.78 is 27.9. The van der Waals surface area contributed by atoms with E-state index in [4.69, 9.17) is 22.0 Å². The lowest BCUT2D eigenvalue weighted by Gasteiger charge is -2.09. The second kappa shape index (κ2) is 4.91. The smallest absolute Gasteiger partial charge is 0.387 e. The lowest BCUT2D eigenvalue weighted by atomic mass is 10.1. The van der Waals surface area contributed by atoms with Gasteiger partial charge in [-0.1, -0.05) is 17.7 Å². The molecular formula is C9H6ClF2NO2. The van der Waals surface area contributed by atoms with Crippen LogP contribution in [0.25, 0.3) is 0 Å². The van der Waals surface area contributed by atoms with Gasteiger partial charge < -0.3 is 9.84 Å². The molecule has 1 unspecified atom stereocenters. The number of aliphatic hydroxyl groups is 1. The van der Waals surface area contributed by atoms with Crippen molar-refractivity contribution >= 4 is 11.6 Å². The number of halogens is 3. The van der Waals surface area contributed by atoms with E-state index in [-0.39, 0.29) is 16.3 Å². The number of hydrogen-bond acceptors (Lipinski definition) is 3. The van der Waals surface area contributed by atoms with Crippen molar-refractivity contribution in [3.63, 3.8) is 0 Å². The normalized spacial score (nSPS) is 12.3. The van der Waals surface area contributed by atoms with Crippen LogP contribution < -0.4 is 4.74 Å². The van der Waals surface area contributed by atoms with E-state index < -0.39 is 12.7 Å². The summed E-state index contributed by atoms with van der Waals surface area (Å²) in [5, 5.41) is 17.5. The molecule has 0 bridgehead atoms. The van der Waals surface area contributed by atoms with Crippen LogP contribution in [0.2, 0.25) is 5.02 Å². The molecule has 80 valence electrons. The molecule has 3 nitrogen and oxygen atoms in total. The zero-order valence-corrected chi connectivity index (χ0v) is 8.08. The minimum absolute atomic E-state index is 0.0100. The predicted molar refractivity (Wildman–Crippen MR) is 48.7 cm³/mol. The van der Waals surface area contributed by atoms with E-state index in [2.05, 4.69) is 4.74 Å². The summed E-state index contributed by atoms with van der Waals surface area (Å²) in [5.74, 6) is -0.265. The third-order valence-corrected chi connectivity index (χ3v) is 1.92. The Morgan fingerprint density at radius 3 is 2.67 bits per heavy atom. The van der Waals surface area contributed by atoms with Gasteiger partial charge in [-0.25, -0.2) is 0 Å². The maximum absolute atomic E-state index is 11.9. The van der Waals surface area contributed by atoms with E-state index in [1.54, 1.807) is 6.07 Å². The van der Waals surface area contributed by atoms with Crippen LogP contribution in [-0.4, -0.2) is 11.7 Å². The van der Waals surface area contributed by atoms with Gasteiger partial charge in [-0.05, 0) is 17.7 Å². The first kappa shape index (κ1) is 11.7. The number of hydrogen-bond donors (Lipinski definition) is 1. The molecule has 1 rings (SSSR count). The summed E-state index contributed by atoms with van der Waals surface area (Å²) in [5.41, 5.74) is 0.151. The first-order chi connectivity index (χ1) is 7.04. The molecule has 0 aromatic heterocycles. The minimum Gasteiger partial charge on any atom is -0.433 e. The fourth-order valence-corrected chi connectivity index (χ4v) is 1.11. The van der Waals surface area contributed by atoms with Crippen LogP contribution in [0, 0.1) is 11.3 Å². The molecule has 1 atom stereocenters. The number of rotatable bonds is 3. The molecule has 0 heterocycles. The van der Waals surface area contributed by atoms with Crippen LogP contribution in [0.1, 0.15) is 11.7 Å². The molecule has 0 aliphatic heterocycles. The Balaban J connectivity index is 3.01. The van der Waals surface area contributed by atoms with Crippen LogP contribution in [0.15, 0.2) is 18.2 Å². The molecular weight excluding hydrogens is 228 g/mol. The van der Waals surface area contributed by atoms with Crippen molar-refractivity contribution in [1.82, 2.24) is 0 Å². The topological polar surface area (TPSA) is 53.2 Å². The molecule has 0 fully saturated rings. The average molecular weight is 234 g/mol. The van der Waals surface area contributed by atoms with Crippen LogP contribution in [0.4, 0.5) is 8.78 Å². The number of ether oxygens (including phenoxy) is 1. The number of aliphatic hydroxyl groups excluding tert-OH is 1. The molecule has 0 amide bonds. The third-order valence-electron chi connectivity index (χ3n) is 1.61. The van der Waals surface area contributed by atoms with Crippen molar-refractivity contribution in [1.29, 1.82) is 5.26 Å².